The van der Waals surface area contributed by atoms with E-state index < -0.39 is 20.9 Å². The summed E-state index contributed by atoms with van der Waals surface area (Å²) in [5.74, 6) is -0.496. The first-order valence-electron chi connectivity index (χ1n) is 7.66. The molecule has 27 heavy (non-hydrogen) atoms. The summed E-state index contributed by atoms with van der Waals surface area (Å²) in [6, 6.07) is 8.43. The molecule has 0 heterocycles. The van der Waals surface area contributed by atoms with Gasteiger partial charge in [0.25, 0.3) is 5.69 Å². The van der Waals surface area contributed by atoms with E-state index in [4.69, 9.17) is 11.6 Å². The molecule has 2 rings (SSSR count). The lowest BCUT2D eigenvalue weighted by Crippen LogP contribution is -2.26. The molecule has 2 aromatic rings. The Kier molecular flexibility index (Phi) is 6.19. The van der Waals surface area contributed by atoms with Crippen molar-refractivity contribution < 1.29 is 22.9 Å². The van der Waals surface area contributed by atoms with Gasteiger partial charge in [-0.15, -0.1) is 0 Å². The number of nitrogens with zero attached hydrogens (tertiary/aromatic N) is 2. The van der Waals surface area contributed by atoms with Crippen molar-refractivity contribution >= 4 is 33.3 Å². The second-order valence-electron chi connectivity index (χ2n) is 5.76. The molecule has 0 spiro atoms. The normalized spacial score (nSPS) is 11.4. The van der Waals surface area contributed by atoms with Crippen molar-refractivity contribution in [2.24, 2.45) is 0 Å². The number of nitro benzene ring substituents is 1. The molecule has 8 nitrogen and oxygen atoms in total. The van der Waals surface area contributed by atoms with Gasteiger partial charge in [-0.05, 0) is 30.7 Å². The monoisotopic (exact) mass is 412 g/mol. The predicted octanol–water partition coefficient (Wildman–Crippen LogP) is 3.16. The topological polar surface area (TPSA) is 107 Å². The molecule has 0 unspecified atom stereocenters. The highest BCUT2D eigenvalue weighted by atomic mass is 35.5. The van der Waals surface area contributed by atoms with Crippen molar-refractivity contribution in [3.63, 3.8) is 0 Å². The molecule has 2 aromatic carbocycles. The molecule has 0 saturated carbocycles. The van der Waals surface area contributed by atoms with Crippen LogP contribution in [-0.4, -0.2) is 37.8 Å². The van der Waals surface area contributed by atoms with Crippen LogP contribution in [0.3, 0.4) is 0 Å². The Balaban J connectivity index is 2.31. The molecule has 0 amide bonds. The SMILES string of the molecule is COC(=O)c1ccc(CN(C)S(=O)(=O)c2cc(Cl)c(C)c([N+](=O)[O-])c2)cc1. The number of benzene rings is 2. The molecule has 0 aliphatic heterocycles. The Bertz CT molecular complexity index is 989. The molecule has 144 valence electrons. The number of sulfonamides is 1. The maximum absolute atomic E-state index is 12.8. The second kappa shape index (κ2) is 8.03. The summed E-state index contributed by atoms with van der Waals surface area (Å²) in [7, 11) is -1.39. The Morgan fingerprint density at radius 2 is 1.85 bits per heavy atom. The van der Waals surface area contributed by atoms with Crippen LogP contribution in [0, 0.1) is 17.0 Å². The summed E-state index contributed by atoms with van der Waals surface area (Å²) >= 11 is 5.96. The van der Waals surface area contributed by atoms with Crippen molar-refractivity contribution in [2.75, 3.05) is 14.2 Å². The van der Waals surface area contributed by atoms with E-state index in [2.05, 4.69) is 4.74 Å². The zero-order valence-electron chi connectivity index (χ0n) is 14.8. The fraction of sp³-hybridized carbons (Fsp3) is 0.235. The molecule has 0 fully saturated rings. The lowest BCUT2D eigenvalue weighted by atomic mass is 10.1. The molecule has 0 saturated heterocycles. The molecular weight excluding hydrogens is 396 g/mol. The molecule has 0 aliphatic rings. The number of nitro groups is 1. The van der Waals surface area contributed by atoms with Crippen molar-refractivity contribution in [1.82, 2.24) is 4.31 Å². The van der Waals surface area contributed by atoms with E-state index >= 15 is 0 Å². The number of carbonyl (C=O) groups excluding carboxylic acids is 1. The molecule has 0 aliphatic carbocycles. The first-order valence-corrected chi connectivity index (χ1v) is 9.48. The molecule has 0 atom stereocenters. The maximum atomic E-state index is 12.8. The minimum absolute atomic E-state index is 0.00129. The van der Waals surface area contributed by atoms with Crippen LogP contribution in [-0.2, 0) is 21.3 Å². The van der Waals surface area contributed by atoms with Crippen LogP contribution in [0.2, 0.25) is 5.02 Å². The van der Waals surface area contributed by atoms with E-state index in [0.29, 0.717) is 11.1 Å². The van der Waals surface area contributed by atoms with Gasteiger partial charge in [0.05, 0.1) is 27.5 Å². The van der Waals surface area contributed by atoms with Gasteiger partial charge in [0.2, 0.25) is 10.0 Å². The zero-order valence-corrected chi connectivity index (χ0v) is 16.4. The maximum Gasteiger partial charge on any atom is 0.337 e. The molecular formula is C17H17ClN2O6S. The quantitative estimate of drug-likeness (QED) is 0.409. The van der Waals surface area contributed by atoms with Crippen LogP contribution in [0.15, 0.2) is 41.3 Å². The lowest BCUT2D eigenvalue weighted by molar-refractivity contribution is -0.385. The van der Waals surface area contributed by atoms with Gasteiger partial charge in [0.15, 0.2) is 0 Å². The Labute approximate surface area is 161 Å². The van der Waals surface area contributed by atoms with E-state index in [1.165, 1.54) is 39.3 Å². The van der Waals surface area contributed by atoms with Crippen LogP contribution in [0.4, 0.5) is 5.69 Å². The number of hydrogen-bond donors (Lipinski definition) is 0. The van der Waals surface area contributed by atoms with Crippen LogP contribution >= 0.6 is 11.6 Å². The molecule has 0 N–H and O–H groups in total. The van der Waals surface area contributed by atoms with Crippen LogP contribution in [0.1, 0.15) is 21.5 Å². The van der Waals surface area contributed by atoms with Gasteiger partial charge < -0.3 is 4.74 Å². The number of halogens is 1. The van der Waals surface area contributed by atoms with Crippen LogP contribution in [0.5, 0.6) is 0 Å². The van der Waals surface area contributed by atoms with Crippen molar-refractivity contribution in [2.45, 2.75) is 18.4 Å². The Morgan fingerprint density at radius 3 is 2.37 bits per heavy atom. The highest BCUT2D eigenvalue weighted by Crippen LogP contribution is 2.31. The summed E-state index contributed by atoms with van der Waals surface area (Å²) in [5, 5.41) is 11.1. The molecule has 0 aromatic heterocycles. The fourth-order valence-electron chi connectivity index (χ4n) is 2.36. The first-order chi connectivity index (χ1) is 12.6. The average molecular weight is 413 g/mol. The number of esters is 1. The zero-order chi connectivity index (χ0) is 20.4. The Hall–Kier alpha value is -2.49. The van der Waals surface area contributed by atoms with Gasteiger partial charge in [-0.1, -0.05) is 23.7 Å². The van der Waals surface area contributed by atoms with E-state index in [9.17, 15) is 23.3 Å². The Morgan fingerprint density at radius 1 is 1.26 bits per heavy atom. The van der Waals surface area contributed by atoms with E-state index in [1.54, 1.807) is 12.1 Å². The standard InChI is InChI=1S/C17H17ClN2O6S/c1-11-15(18)8-14(9-16(11)20(22)23)27(24,25)19(2)10-12-4-6-13(7-5-12)17(21)26-3/h4-9H,10H2,1-3H3. The van der Waals surface area contributed by atoms with Crippen molar-refractivity contribution in [1.29, 1.82) is 0 Å². The van der Waals surface area contributed by atoms with Gasteiger partial charge in [-0.2, -0.15) is 4.31 Å². The minimum atomic E-state index is -4.01. The van der Waals surface area contributed by atoms with Gasteiger partial charge in [0, 0.05) is 25.2 Å². The van der Waals surface area contributed by atoms with Gasteiger partial charge in [-0.3, -0.25) is 10.1 Å². The lowest BCUT2D eigenvalue weighted by Gasteiger charge is -2.18. The third kappa shape index (κ3) is 4.44. The van der Waals surface area contributed by atoms with E-state index in [1.807, 2.05) is 0 Å². The number of rotatable bonds is 6. The predicted molar refractivity (Wildman–Crippen MR) is 99.3 cm³/mol. The van der Waals surface area contributed by atoms with E-state index in [0.717, 1.165) is 10.4 Å². The highest BCUT2D eigenvalue weighted by molar-refractivity contribution is 7.89. The third-order valence-corrected chi connectivity index (χ3v) is 6.15. The number of carbonyl (C=O) groups is 1. The minimum Gasteiger partial charge on any atom is -0.465 e. The summed E-state index contributed by atoms with van der Waals surface area (Å²) in [6.45, 7) is 1.45. The van der Waals surface area contributed by atoms with Gasteiger partial charge in [-0.25, -0.2) is 13.2 Å². The van der Waals surface area contributed by atoms with Crippen LogP contribution in [0.25, 0.3) is 0 Å². The average Bonchev–Trinajstić information content (AvgIpc) is 2.63. The van der Waals surface area contributed by atoms with Gasteiger partial charge >= 0.3 is 5.97 Å². The third-order valence-electron chi connectivity index (χ3n) is 3.98. The van der Waals surface area contributed by atoms with Crippen LogP contribution < -0.4 is 0 Å². The number of methoxy groups -OCH3 is 1. The van der Waals surface area contributed by atoms with Crippen molar-refractivity contribution in [3.05, 3.63) is 68.2 Å². The summed E-state index contributed by atoms with van der Waals surface area (Å²) in [5.41, 5.74) is 0.799. The molecule has 0 bridgehead atoms. The fourth-order valence-corrected chi connectivity index (χ4v) is 3.85. The van der Waals surface area contributed by atoms with Gasteiger partial charge in [0.1, 0.15) is 0 Å². The smallest absolute Gasteiger partial charge is 0.337 e. The number of ether oxygens (including phenoxy) is 1. The van der Waals surface area contributed by atoms with E-state index in [-0.39, 0.29) is 27.7 Å². The molecule has 0 radical (unpaired) electrons. The summed E-state index contributed by atoms with van der Waals surface area (Å²) in [4.78, 5) is 21.6. The van der Waals surface area contributed by atoms with Crippen molar-refractivity contribution in [3.8, 4) is 0 Å². The second-order valence-corrected chi connectivity index (χ2v) is 8.21. The number of hydrogen-bond acceptors (Lipinski definition) is 6. The summed E-state index contributed by atoms with van der Waals surface area (Å²) in [6.07, 6.45) is 0. The summed E-state index contributed by atoms with van der Waals surface area (Å²) < 4.78 is 31.2. The highest BCUT2D eigenvalue weighted by Gasteiger charge is 2.26. The molecule has 10 heteroatoms. The largest absolute Gasteiger partial charge is 0.465 e. The first kappa shape index (κ1) is 20.8.